The van der Waals surface area contributed by atoms with Crippen LogP contribution in [0, 0.1) is 19.7 Å². The number of aryl methyl sites for hydroxylation is 2. The van der Waals surface area contributed by atoms with Gasteiger partial charge in [0.05, 0.1) is 13.2 Å². The van der Waals surface area contributed by atoms with Gasteiger partial charge < -0.3 is 15.8 Å². The van der Waals surface area contributed by atoms with Crippen molar-refractivity contribution in [3.63, 3.8) is 0 Å². The number of methoxy groups -OCH3 is 1. The third-order valence-corrected chi connectivity index (χ3v) is 3.54. The Hall–Kier alpha value is -2.07. The molecule has 0 saturated heterocycles. The van der Waals surface area contributed by atoms with E-state index in [0.29, 0.717) is 6.54 Å². The van der Waals surface area contributed by atoms with E-state index in [0.717, 1.165) is 11.3 Å². The average molecular weight is 288 g/mol. The molecule has 0 fully saturated rings. The number of anilines is 1. The van der Waals surface area contributed by atoms with Gasteiger partial charge in [0, 0.05) is 18.3 Å². The van der Waals surface area contributed by atoms with Crippen LogP contribution < -0.4 is 15.8 Å². The topological polar surface area (TPSA) is 47.3 Å². The molecule has 0 amide bonds. The third kappa shape index (κ3) is 3.52. The molecule has 0 aliphatic carbocycles. The summed E-state index contributed by atoms with van der Waals surface area (Å²) in [5.41, 5.74) is 10.2. The molecule has 3 nitrogen and oxygen atoms in total. The SMILES string of the molecule is COc1cc(NC(CN)c2cc(C)ccc2C)ccc1F. The van der Waals surface area contributed by atoms with Gasteiger partial charge in [-0.2, -0.15) is 0 Å². The highest BCUT2D eigenvalue weighted by atomic mass is 19.1. The van der Waals surface area contributed by atoms with Crippen LogP contribution in [0.3, 0.4) is 0 Å². The van der Waals surface area contributed by atoms with Crippen molar-refractivity contribution in [2.75, 3.05) is 19.0 Å². The van der Waals surface area contributed by atoms with Gasteiger partial charge in [-0.15, -0.1) is 0 Å². The second kappa shape index (κ2) is 6.59. The second-order valence-corrected chi connectivity index (χ2v) is 5.14. The van der Waals surface area contributed by atoms with Gasteiger partial charge in [0.25, 0.3) is 0 Å². The molecule has 2 aromatic carbocycles. The second-order valence-electron chi connectivity index (χ2n) is 5.14. The van der Waals surface area contributed by atoms with Gasteiger partial charge >= 0.3 is 0 Å². The Morgan fingerprint density at radius 1 is 1.19 bits per heavy atom. The minimum Gasteiger partial charge on any atom is -0.494 e. The summed E-state index contributed by atoms with van der Waals surface area (Å²) >= 11 is 0. The first-order valence-electron chi connectivity index (χ1n) is 6.92. The van der Waals surface area contributed by atoms with Crippen LogP contribution in [0.25, 0.3) is 0 Å². The smallest absolute Gasteiger partial charge is 0.165 e. The summed E-state index contributed by atoms with van der Waals surface area (Å²) in [4.78, 5) is 0. The van der Waals surface area contributed by atoms with Crippen molar-refractivity contribution in [2.45, 2.75) is 19.9 Å². The molecule has 0 radical (unpaired) electrons. The van der Waals surface area contributed by atoms with E-state index in [4.69, 9.17) is 10.5 Å². The lowest BCUT2D eigenvalue weighted by molar-refractivity contribution is 0.386. The largest absolute Gasteiger partial charge is 0.494 e. The van der Waals surface area contributed by atoms with Gasteiger partial charge in [0.2, 0.25) is 0 Å². The van der Waals surface area contributed by atoms with Gasteiger partial charge in [-0.3, -0.25) is 0 Å². The molecule has 3 N–H and O–H groups in total. The molecule has 2 rings (SSSR count). The molecule has 1 atom stereocenters. The number of nitrogens with one attached hydrogen (secondary N) is 1. The lowest BCUT2D eigenvalue weighted by atomic mass is 9.98. The van der Waals surface area contributed by atoms with Crippen LogP contribution in [0.15, 0.2) is 36.4 Å². The molecule has 4 heteroatoms. The Labute approximate surface area is 124 Å². The molecule has 0 saturated carbocycles. The first-order valence-corrected chi connectivity index (χ1v) is 6.92. The highest BCUT2D eigenvalue weighted by Crippen LogP contribution is 2.26. The molecule has 1 unspecified atom stereocenters. The van der Waals surface area contributed by atoms with Crippen molar-refractivity contribution in [1.82, 2.24) is 0 Å². The lowest BCUT2D eigenvalue weighted by Gasteiger charge is -2.21. The number of hydrogen-bond donors (Lipinski definition) is 2. The summed E-state index contributed by atoms with van der Waals surface area (Å²) in [6.07, 6.45) is 0. The fourth-order valence-electron chi connectivity index (χ4n) is 2.35. The van der Waals surface area contributed by atoms with Crippen LogP contribution in [0.1, 0.15) is 22.7 Å². The molecule has 0 aliphatic rings. The van der Waals surface area contributed by atoms with E-state index >= 15 is 0 Å². The summed E-state index contributed by atoms with van der Waals surface area (Å²) in [6, 6.07) is 11.0. The van der Waals surface area contributed by atoms with Crippen molar-refractivity contribution in [2.24, 2.45) is 5.73 Å². The summed E-state index contributed by atoms with van der Waals surface area (Å²) in [7, 11) is 1.45. The third-order valence-electron chi connectivity index (χ3n) is 3.54. The summed E-state index contributed by atoms with van der Waals surface area (Å²) < 4.78 is 18.5. The molecule has 2 aromatic rings. The van der Waals surface area contributed by atoms with Crippen molar-refractivity contribution in [3.8, 4) is 5.75 Å². The molecular weight excluding hydrogens is 267 g/mol. The van der Waals surface area contributed by atoms with Gasteiger partial charge in [0.1, 0.15) is 0 Å². The fraction of sp³-hybridized carbons (Fsp3) is 0.294. The first-order chi connectivity index (χ1) is 10.0. The zero-order valence-corrected chi connectivity index (χ0v) is 12.6. The van der Waals surface area contributed by atoms with E-state index in [1.54, 1.807) is 12.1 Å². The maximum absolute atomic E-state index is 13.5. The Morgan fingerprint density at radius 2 is 1.95 bits per heavy atom. The van der Waals surface area contributed by atoms with Crippen molar-refractivity contribution in [3.05, 3.63) is 58.9 Å². The molecule has 0 spiro atoms. The molecule has 0 bridgehead atoms. The van der Waals surface area contributed by atoms with Crippen LogP contribution in [0.5, 0.6) is 5.75 Å². The maximum atomic E-state index is 13.5. The predicted molar refractivity (Wildman–Crippen MR) is 84.3 cm³/mol. The normalized spacial score (nSPS) is 12.0. The molecule has 0 aromatic heterocycles. The molecule has 21 heavy (non-hydrogen) atoms. The predicted octanol–water partition coefficient (Wildman–Crippen LogP) is 3.56. The maximum Gasteiger partial charge on any atom is 0.165 e. The highest BCUT2D eigenvalue weighted by molar-refractivity contribution is 5.51. The van der Waals surface area contributed by atoms with Crippen LogP contribution in [0.2, 0.25) is 0 Å². The van der Waals surface area contributed by atoms with Crippen LogP contribution in [-0.4, -0.2) is 13.7 Å². The summed E-state index contributed by atoms with van der Waals surface area (Å²) in [6.45, 7) is 4.56. The van der Waals surface area contributed by atoms with Crippen molar-refractivity contribution in [1.29, 1.82) is 0 Å². The number of benzene rings is 2. The summed E-state index contributed by atoms with van der Waals surface area (Å²) in [5.74, 6) is -0.157. The monoisotopic (exact) mass is 288 g/mol. The van der Waals surface area contributed by atoms with E-state index in [1.807, 2.05) is 0 Å². The number of hydrogen-bond acceptors (Lipinski definition) is 3. The first kappa shape index (κ1) is 15.3. The van der Waals surface area contributed by atoms with Crippen LogP contribution >= 0.6 is 0 Å². The zero-order chi connectivity index (χ0) is 15.4. The van der Waals surface area contributed by atoms with E-state index in [-0.39, 0.29) is 17.6 Å². The molecule has 0 aliphatic heterocycles. The Morgan fingerprint density at radius 3 is 2.62 bits per heavy atom. The highest BCUT2D eigenvalue weighted by Gasteiger charge is 2.13. The van der Waals surface area contributed by atoms with E-state index in [1.165, 1.54) is 24.3 Å². The summed E-state index contributed by atoms with van der Waals surface area (Å²) in [5, 5.41) is 3.34. The van der Waals surface area contributed by atoms with E-state index in [9.17, 15) is 4.39 Å². The number of halogens is 1. The van der Waals surface area contributed by atoms with Crippen LogP contribution in [-0.2, 0) is 0 Å². The molecule has 0 heterocycles. The minimum atomic E-state index is -0.376. The molecular formula is C17H21FN2O. The molecule has 112 valence electrons. The Kier molecular flexibility index (Phi) is 4.81. The lowest BCUT2D eigenvalue weighted by Crippen LogP contribution is -2.21. The van der Waals surface area contributed by atoms with Gasteiger partial charge in [-0.1, -0.05) is 23.8 Å². The van der Waals surface area contributed by atoms with Gasteiger partial charge in [-0.25, -0.2) is 4.39 Å². The van der Waals surface area contributed by atoms with E-state index < -0.39 is 0 Å². The van der Waals surface area contributed by atoms with E-state index in [2.05, 4.69) is 37.4 Å². The van der Waals surface area contributed by atoms with Gasteiger partial charge in [-0.05, 0) is 37.1 Å². The van der Waals surface area contributed by atoms with Crippen molar-refractivity contribution >= 4 is 5.69 Å². The standard InChI is InChI=1S/C17H21FN2O/c1-11-4-5-12(2)14(8-11)16(10-19)20-13-6-7-15(18)17(9-13)21-3/h4-9,16,20H,10,19H2,1-3H3. The fourth-order valence-corrected chi connectivity index (χ4v) is 2.35. The Bertz CT molecular complexity index is 628. The number of nitrogens with two attached hydrogens (primary N) is 1. The van der Waals surface area contributed by atoms with Gasteiger partial charge in [0.15, 0.2) is 11.6 Å². The zero-order valence-electron chi connectivity index (χ0n) is 12.6. The van der Waals surface area contributed by atoms with Crippen molar-refractivity contribution < 1.29 is 9.13 Å². The number of ether oxygens (including phenoxy) is 1. The minimum absolute atomic E-state index is 0.0277. The van der Waals surface area contributed by atoms with Crippen LogP contribution in [0.4, 0.5) is 10.1 Å². The Balaban J connectivity index is 2.29. The quantitative estimate of drug-likeness (QED) is 0.884. The average Bonchev–Trinajstić information content (AvgIpc) is 2.49. The number of rotatable bonds is 5.